The number of aromatic nitrogens is 3. The number of nitrogens with two attached hydrogens (primary N) is 1. The Labute approximate surface area is 128 Å². The fourth-order valence-corrected chi connectivity index (χ4v) is 3.10. The number of nitrogens with zero attached hydrogens (tertiary/aromatic N) is 3. The summed E-state index contributed by atoms with van der Waals surface area (Å²) in [5.41, 5.74) is 4.82. The van der Waals surface area contributed by atoms with Crippen molar-refractivity contribution in [3.8, 4) is 0 Å². The molecular weight excluding hydrogens is 374 g/mol. The molecule has 2 aromatic rings. The monoisotopic (exact) mass is 387 g/mol. The maximum absolute atomic E-state index is 5.65. The van der Waals surface area contributed by atoms with Gasteiger partial charge in [0.05, 0.1) is 17.9 Å². The quantitative estimate of drug-likeness (QED) is 0.610. The van der Waals surface area contributed by atoms with Gasteiger partial charge in [-0.15, -0.1) is 0 Å². The molecule has 5 nitrogen and oxygen atoms in total. The maximum Gasteiger partial charge on any atom is 0.0732 e. The van der Waals surface area contributed by atoms with Crippen molar-refractivity contribution in [1.82, 2.24) is 20.2 Å². The minimum atomic E-state index is -0.0584. The normalized spacial score (nSPS) is 12.6. The number of hydrazine groups is 1. The fourth-order valence-electron chi connectivity index (χ4n) is 1.84. The molecule has 0 aliphatic heterocycles. The van der Waals surface area contributed by atoms with E-state index in [0.29, 0.717) is 0 Å². The van der Waals surface area contributed by atoms with Crippen molar-refractivity contribution in [3.63, 3.8) is 0 Å². The molecular formula is C12H15Br2N5. The molecule has 0 fully saturated rings. The number of hydrogen-bond donors (Lipinski definition) is 2. The molecule has 0 saturated carbocycles. The first-order chi connectivity index (χ1) is 9.13. The molecule has 2 aromatic heterocycles. The third kappa shape index (κ3) is 3.62. The number of rotatable bonds is 5. The van der Waals surface area contributed by atoms with Crippen LogP contribution in [0.3, 0.4) is 0 Å². The van der Waals surface area contributed by atoms with E-state index in [0.717, 1.165) is 33.2 Å². The van der Waals surface area contributed by atoms with Crippen molar-refractivity contribution >= 4 is 31.9 Å². The lowest BCUT2D eigenvalue weighted by Gasteiger charge is -2.16. The molecule has 19 heavy (non-hydrogen) atoms. The van der Waals surface area contributed by atoms with Crippen LogP contribution in [0.5, 0.6) is 0 Å². The average Bonchev–Trinajstić information content (AvgIpc) is 2.84. The fraction of sp³-hybridized carbons (Fsp3) is 0.333. The van der Waals surface area contributed by atoms with Crippen LogP contribution in [-0.4, -0.2) is 14.8 Å². The first-order valence-corrected chi connectivity index (χ1v) is 7.51. The first kappa shape index (κ1) is 14.6. The molecule has 0 aromatic carbocycles. The first-order valence-electron chi connectivity index (χ1n) is 5.92. The predicted molar refractivity (Wildman–Crippen MR) is 81.3 cm³/mol. The van der Waals surface area contributed by atoms with Gasteiger partial charge in [0.1, 0.15) is 0 Å². The zero-order valence-electron chi connectivity index (χ0n) is 10.5. The predicted octanol–water partition coefficient (Wildman–Crippen LogP) is 2.57. The molecule has 2 heterocycles. The van der Waals surface area contributed by atoms with Crippen LogP contribution >= 0.6 is 31.9 Å². The molecule has 3 N–H and O–H groups in total. The molecule has 1 unspecified atom stereocenters. The van der Waals surface area contributed by atoms with Gasteiger partial charge in [-0.3, -0.25) is 20.9 Å². The standard InChI is InChI=1S/C12H15Br2N5/c1-2-19-7-8(5-17-19)3-11(18-15)12-10(14)4-9(13)6-16-12/h4-7,11,18H,2-3,15H2,1H3. The molecule has 0 aliphatic rings. The lowest BCUT2D eigenvalue weighted by molar-refractivity contribution is 0.535. The minimum Gasteiger partial charge on any atom is -0.273 e. The average molecular weight is 389 g/mol. The van der Waals surface area contributed by atoms with Crippen molar-refractivity contribution in [2.24, 2.45) is 5.84 Å². The number of pyridine rings is 1. The number of nitrogens with one attached hydrogen (secondary N) is 1. The van der Waals surface area contributed by atoms with Crippen LogP contribution in [0.1, 0.15) is 24.2 Å². The summed E-state index contributed by atoms with van der Waals surface area (Å²) < 4.78 is 3.75. The van der Waals surface area contributed by atoms with Gasteiger partial charge in [-0.1, -0.05) is 0 Å². The molecule has 7 heteroatoms. The summed E-state index contributed by atoms with van der Waals surface area (Å²) in [6, 6.07) is 1.90. The van der Waals surface area contributed by atoms with Gasteiger partial charge in [0.15, 0.2) is 0 Å². The lowest BCUT2D eigenvalue weighted by atomic mass is 10.1. The van der Waals surface area contributed by atoms with E-state index in [4.69, 9.17) is 5.84 Å². The van der Waals surface area contributed by atoms with E-state index in [1.54, 1.807) is 6.20 Å². The second kappa shape index (κ2) is 6.60. The van der Waals surface area contributed by atoms with Crippen molar-refractivity contribution in [2.45, 2.75) is 25.9 Å². The number of hydrogen-bond acceptors (Lipinski definition) is 4. The zero-order chi connectivity index (χ0) is 13.8. The van der Waals surface area contributed by atoms with E-state index in [9.17, 15) is 0 Å². The molecule has 0 amide bonds. The Kier molecular flexibility index (Phi) is 5.09. The van der Waals surface area contributed by atoms with E-state index in [1.165, 1.54) is 0 Å². The van der Waals surface area contributed by atoms with Crippen LogP contribution in [0.2, 0.25) is 0 Å². The van der Waals surface area contributed by atoms with Gasteiger partial charge >= 0.3 is 0 Å². The summed E-state index contributed by atoms with van der Waals surface area (Å²) in [4.78, 5) is 4.41. The number of halogens is 2. The Hall–Kier alpha value is -0.760. The van der Waals surface area contributed by atoms with Crippen LogP contribution in [-0.2, 0) is 13.0 Å². The third-order valence-corrected chi connectivity index (χ3v) is 3.89. The van der Waals surface area contributed by atoms with E-state index < -0.39 is 0 Å². The van der Waals surface area contributed by atoms with E-state index in [1.807, 2.05) is 23.1 Å². The summed E-state index contributed by atoms with van der Waals surface area (Å²) in [7, 11) is 0. The minimum absolute atomic E-state index is 0.0584. The Morgan fingerprint density at radius 2 is 2.21 bits per heavy atom. The maximum atomic E-state index is 5.65. The SMILES string of the molecule is CCn1cc(CC(NN)c2ncc(Br)cc2Br)cn1. The second-order valence-corrected chi connectivity index (χ2v) is 5.92. The molecule has 0 bridgehead atoms. The van der Waals surface area contributed by atoms with Crippen molar-refractivity contribution in [3.05, 3.63) is 44.9 Å². The summed E-state index contributed by atoms with van der Waals surface area (Å²) in [6.07, 6.45) is 6.39. The second-order valence-electron chi connectivity index (χ2n) is 4.15. The highest BCUT2D eigenvalue weighted by atomic mass is 79.9. The molecule has 1 atom stereocenters. The van der Waals surface area contributed by atoms with E-state index >= 15 is 0 Å². The molecule has 2 rings (SSSR count). The highest BCUT2D eigenvalue weighted by Crippen LogP contribution is 2.26. The third-order valence-electron chi connectivity index (χ3n) is 2.82. The summed E-state index contributed by atoms with van der Waals surface area (Å²) >= 11 is 6.90. The highest BCUT2D eigenvalue weighted by molar-refractivity contribution is 9.11. The van der Waals surface area contributed by atoms with E-state index in [-0.39, 0.29) is 6.04 Å². The smallest absolute Gasteiger partial charge is 0.0732 e. The Morgan fingerprint density at radius 1 is 1.42 bits per heavy atom. The van der Waals surface area contributed by atoms with Gasteiger partial charge in [0, 0.05) is 27.9 Å². The van der Waals surface area contributed by atoms with Gasteiger partial charge in [-0.05, 0) is 56.8 Å². The summed E-state index contributed by atoms with van der Waals surface area (Å²) in [5, 5.41) is 4.26. The molecule has 0 spiro atoms. The van der Waals surface area contributed by atoms with Crippen molar-refractivity contribution in [2.75, 3.05) is 0 Å². The van der Waals surface area contributed by atoms with Crippen LogP contribution in [0.25, 0.3) is 0 Å². The van der Waals surface area contributed by atoms with Crippen LogP contribution in [0, 0.1) is 0 Å². The Balaban J connectivity index is 2.19. The summed E-state index contributed by atoms with van der Waals surface area (Å²) in [5.74, 6) is 5.65. The van der Waals surface area contributed by atoms with Crippen LogP contribution in [0.4, 0.5) is 0 Å². The topological polar surface area (TPSA) is 68.8 Å². The van der Waals surface area contributed by atoms with Gasteiger partial charge in [-0.25, -0.2) is 0 Å². The zero-order valence-corrected chi connectivity index (χ0v) is 13.6. The lowest BCUT2D eigenvalue weighted by Crippen LogP contribution is -2.30. The molecule has 0 aliphatic carbocycles. The van der Waals surface area contributed by atoms with Crippen molar-refractivity contribution < 1.29 is 0 Å². The molecule has 0 saturated heterocycles. The van der Waals surface area contributed by atoms with Crippen LogP contribution < -0.4 is 11.3 Å². The largest absolute Gasteiger partial charge is 0.273 e. The highest BCUT2D eigenvalue weighted by Gasteiger charge is 2.16. The Bertz CT molecular complexity index is 555. The van der Waals surface area contributed by atoms with Gasteiger partial charge < -0.3 is 0 Å². The van der Waals surface area contributed by atoms with Gasteiger partial charge in [0.25, 0.3) is 0 Å². The molecule has 102 valence electrons. The molecule has 0 radical (unpaired) electrons. The van der Waals surface area contributed by atoms with Gasteiger partial charge in [-0.2, -0.15) is 5.10 Å². The van der Waals surface area contributed by atoms with Crippen LogP contribution in [0.15, 0.2) is 33.6 Å². The summed E-state index contributed by atoms with van der Waals surface area (Å²) in [6.45, 7) is 2.92. The van der Waals surface area contributed by atoms with Gasteiger partial charge in [0.2, 0.25) is 0 Å². The number of aryl methyl sites for hydroxylation is 1. The van der Waals surface area contributed by atoms with Crippen molar-refractivity contribution in [1.29, 1.82) is 0 Å². The Morgan fingerprint density at radius 3 is 2.79 bits per heavy atom. The van der Waals surface area contributed by atoms with E-state index in [2.05, 4.69) is 54.3 Å².